The number of esters is 1. The summed E-state index contributed by atoms with van der Waals surface area (Å²) in [5.74, 6) is -0.809. The van der Waals surface area contributed by atoms with Crippen LogP contribution in [0.2, 0.25) is 4.34 Å². The van der Waals surface area contributed by atoms with Crippen LogP contribution in [0.1, 0.15) is 16.6 Å². The smallest absolute Gasteiger partial charge is 0.310 e. The third kappa shape index (κ3) is 3.71. The first-order valence-corrected chi connectivity index (χ1v) is 6.23. The molecule has 0 fully saturated rings. The number of ether oxygens (including phenoxy) is 1. The van der Waals surface area contributed by atoms with E-state index in [0.29, 0.717) is 15.8 Å². The molecule has 6 heteroatoms. The van der Waals surface area contributed by atoms with E-state index in [1.54, 1.807) is 26.1 Å². The number of carbonyl (C=O) groups excluding carboxylic acids is 2. The number of methoxy groups -OCH3 is 1. The number of thiophene rings is 1. The molecule has 0 aromatic carbocycles. The molecule has 1 atom stereocenters. The van der Waals surface area contributed by atoms with Crippen molar-refractivity contribution in [2.75, 3.05) is 20.7 Å². The van der Waals surface area contributed by atoms with Crippen molar-refractivity contribution >= 4 is 34.8 Å². The summed E-state index contributed by atoms with van der Waals surface area (Å²) in [5, 5.41) is 0. The second-order valence-corrected chi connectivity index (χ2v) is 5.43. The first kappa shape index (κ1) is 14.0. The number of rotatable bonds is 4. The second kappa shape index (κ2) is 6.02. The maximum absolute atomic E-state index is 11.9. The van der Waals surface area contributed by atoms with Gasteiger partial charge in [0.25, 0.3) is 5.91 Å². The molecule has 0 radical (unpaired) electrons. The molecule has 1 aromatic rings. The maximum Gasteiger partial charge on any atom is 0.310 e. The maximum atomic E-state index is 11.9. The highest BCUT2D eigenvalue weighted by molar-refractivity contribution is 7.17. The zero-order valence-corrected chi connectivity index (χ0v) is 11.5. The Hall–Kier alpha value is -1.07. The summed E-state index contributed by atoms with van der Waals surface area (Å²) in [7, 11) is 2.98. The zero-order valence-electron chi connectivity index (χ0n) is 9.90. The molecule has 17 heavy (non-hydrogen) atoms. The van der Waals surface area contributed by atoms with Crippen LogP contribution in [-0.4, -0.2) is 37.5 Å². The number of nitrogens with zero attached hydrogens (tertiary/aromatic N) is 1. The van der Waals surface area contributed by atoms with E-state index >= 15 is 0 Å². The fourth-order valence-corrected chi connectivity index (χ4v) is 2.42. The minimum Gasteiger partial charge on any atom is -0.469 e. The van der Waals surface area contributed by atoms with E-state index < -0.39 is 0 Å². The molecule has 0 aliphatic rings. The summed E-state index contributed by atoms with van der Waals surface area (Å²) < 4.78 is 5.18. The third-order valence-corrected chi connectivity index (χ3v) is 3.50. The van der Waals surface area contributed by atoms with Crippen LogP contribution in [0.25, 0.3) is 0 Å². The van der Waals surface area contributed by atoms with Gasteiger partial charge in [0.15, 0.2) is 0 Å². The zero-order chi connectivity index (χ0) is 13.0. The van der Waals surface area contributed by atoms with Gasteiger partial charge < -0.3 is 9.64 Å². The van der Waals surface area contributed by atoms with Crippen molar-refractivity contribution in [3.63, 3.8) is 0 Å². The molecule has 0 saturated heterocycles. The molecule has 0 bridgehead atoms. The van der Waals surface area contributed by atoms with E-state index in [1.807, 2.05) is 0 Å². The summed E-state index contributed by atoms with van der Waals surface area (Å²) in [6.45, 7) is 2.04. The van der Waals surface area contributed by atoms with Gasteiger partial charge in [0, 0.05) is 13.6 Å². The van der Waals surface area contributed by atoms with Gasteiger partial charge in [-0.1, -0.05) is 18.5 Å². The number of carbonyl (C=O) groups is 2. The Morgan fingerprint density at radius 2 is 2.18 bits per heavy atom. The van der Waals surface area contributed by atoms with E-state index in [2.05, 4.69) is 4.74 Å². The van der Waals surface area contributed by atoms with Gasteiger partial charge in [-0.2, -0.15) is 0 Å². The largest absolute Gasteiger partial charge is 0.469 e. The van der Waals surface area contributed by atoms with Gasteiger partial charge in [0.05, 0.1) is 22.2 Å². The number of halogens is 1. The Morgan fingerprint density at radius 1 is 1.53 bits per heavy atom. The molecular weight excluding hydrogens is 262 g/mol. The number of hydrogen-bond acceptors (Lipinski definition) is 4. The monoisotopic (exact) mass is 275 g/mol. The molecule has 0 saturated carbocycles. The van der Waals surface area contributed by atoms with Crippen LogP contribution >= 0.6 is 22.9 Å². The average Bonchev–Trinajstić information content (AvgIpc) is 2.73. The van der Waals surface area contributed by atoms with E-state index in [1.165, 1.54) is 23.3 Å². The molecule has 0 aliphatic heterocycles. The molecule has 1 heterocycles. The van der Waals surface area contributed by atoms with Crippen LogP contribution < -0.4 is 0 Å². The molecule has 4 nitrogen and oxygen atoms in total. The first-order valence-electron chi connectivity index (χ1n) is 5.04. The lowest BCUT2D eigenvalue weighted by molar-refractivity contribution is -0.145. The number of hydrogen-bond donors (Lipinski definition) is 0. The lowest BCUT2D eigenvalue weighted by atomic mass is 10.2. The number of amides is 1. The summed E-state index contributed by atoms with van der Waals surface area (Å²) in [6, 6.07) is 3.35. The van der Waals surface area contributed by atoms with Gasteiger partial charge in [-0.15, -0.1) is 11.3 Å². The minimum absolute atomic E-state index is 0.141. The van der Waals surface area contributed by atoms with E-state index in [0.717, 1.165) is 0 Å². The summed E-state index contributed by atoms with van der Waals surface area (Å²) in [4.78, 5) is 25.2. The lowest BCUT2D eigenvalue weighted by Crippen LogP contribution is -2.33. The van der Waals surface area contributed by atoms with Crippen LogP contribution in [0.15, 0.2) is 12.1 Å². The Balaban J connectivity index is 2.62. The van der Waals surface area contributed by atoms with Gasteiger partial charge in [0.2, 0.25) is 0 Å². The Bertz CT molecular complexity index is 419. The van der Waals surface area contributed by atoms with Crippen molar-refractivity contribution in [3.05, 3.63) is 21.3 Å². The summed E-state index contributed by atoms with van der Waals surface area (Å²) in [5.41, 5.74) is 0. The molecule has 1 unspecified atom stereocenters. The van der Waals surface area contributed by atoms with Gasteiger partial charge in [-0.25, -0.2) is 0 Å². The van der Waals surface area contributed by atoms with Crippen molar-refractivity contribution in [1.29, 1.82) is 0 Å². The molecular formula is C11H14ClNO3S. The van der Waals surface area contributed by atoms with Gasteiger partial charge in [-0.3, -0.25) is 9.59 Å². The Morgan fingerprint density at radius 3 is 2.65 bits per heavy atom. The van der Waals surface area contributed by atoms with Gasteiger partial charge in [0.1, 0.15) is 0 Å². The summed E-state index contributed by atoms with van der Waals surface area (Å²) >= 11 is 6.98. The van der Waals surface area contributed by atoms with Crippen LogP contribution in [-0.2, 0) is 9.53 Å². The minimum atomic E-state index is -0.343. The van der Waals surface area contributed by atoms with Crippen LogP contribution in [0, 0.1) is 5.92 Å². The first-order chi connectivity index (χ1) is 7.95. The van der Waals surface area contributed by atoms with E-state index in [-0.39, 0.29) is 17.8 Å². The molecule has 0 N–H and O–H groups in total. The quantitative estimate of drug-likeness (QED) is 0.792. The van der Waals surface area contributed by atoms with Crippen molar-refractivity contribution in [2.24, 2.45) is 5.92 Å². The molecule has 0 spiro atoms. The van der Waals surface area contributed by atoms with Crippen LogP contribution in [0.3, 0.4) is 0 Å². The summed E-state index contributed by atoms with van der Waals surface area (Å²) in [6.07, 6.45) is 0. The third-order valence-electron chi connectivity index (χ3n) is 2.28. The lowest BCUT2D eigenvalue weighted by Gasteiger charge is -2.19. The standard InChI is InChI=1S/C11H14ClNO3S/c1-7(11(15)16-3)6-13(2)10(14)8-4-5-9(12)17-8/h4-5,7H,6H2,1-3H3. The highest BCUT2D eigenvalue weighted by Gasteiger charge is 2.20. The Labute approximate surface area is 109 Å². The second-order valence-electron chi connectivity index (χ2n) is 3.71. The van der Waals surface area contributed by atoms with E-state index in [9.17, 15) is 9.59 Å². The van der Waals surface area contributed by atoms with Crippen molar-refractivity contribution < 1.29 is 14.3 Å². The molecule has 0 aliphatic carbocycles. The fourth-order valence-electron chi connectivity index (χ4n) is 1.39. The SMILES string of the molecule is COC(=O)C(C)CN(C)C(=O)c1ccc(Cl)s1. The molecule has 1 rings (SSSR count). The average molecular weight is 276 g/mol. The predicted octanol–water partition coefficient (Wildman–Crippen LogP) is 2.28. The van der Waals surface area contributed by atoms with Gasteiger partial charge in [-0.05, 0) is 12.1 Å². The highest BCUT2D eigenvalue weighted by atomic mass is 35.5. The molecule has 1 aromatic heterocycles. The van der Waals surface area contributed by atoms with Crippen molar-refractivity contribution in [2.45, 2.75) is 6.92 Å². The van der Waals surface area contributed by atoms with E-state index in [4.69, 9.17) is 11.6 Å². The van der Waals surface area contributed by atoms with Gasteiger partial charge >= 0.3 is 5.97 Å². The topological polar surface area (TPSA) is 46.6 Å². The Kier molecular flexibility index (Phi) is 4.96. The van der Waals surface area contributed by atoms with Crippen molar-refractivity contribution in [1.82, 2.24) is 4.90 Å². The van der Waals surface area contributed by atoms with Crippen LogP contribution in [0.4, 0.5) is 0 Å². The molecule has 1 amide bonds. The highest BCUT2D eigenvalue weighted by Crippen LogP contribution is 2.22. The van der Waals surface area contributed by atoms with Crippen molar-refractivity contribution in [3.8, 4) is 0 Å². The fraction of sp³-hybridized carbons (Fsp3) is 0.455. The predicted molar refractivity (Wildman–Crippen MR) is 67.5 cm³/mol. The normalized spacial score (nSPS) is 12.0. The van der Waals surface area contributed by atoms with Crippen LogP contribution in [0.5, 0.6) is 0 Å². The molecule has 94 valence electrons.